The molecule has 3 rings (SSSR count). The van der Waals surface area contributed by atoms with E-state index in [9.17, 15) is 13.5 Å². The van der Waals surface area contributed by atoms with Crippen LogP contribution in [0.4, 0.5) is 0 Å². The van der Waals surface area contributed by atoms with Gasteiger partial charge in [-0.2, -0.15) is 0 Å². The molecule has 0 saturated carbocycles. The Kier molecular flexibility index (Phi) is 5.37. The van der Waals surface area contributed by atoms with Crippen molar-refractivity contribution in [3.05, 3.63) is 59.2 Å². The maximum atomic E-state index is 12.6. The molecule has 1 aliphatic carbocycles. The highest BCUT2D eigenvalue weighted by atomic mass is 32.2. The lowest BCUT2D eigenvalue weighted by molar-refractivity contribution is 0.0567. The Morgan fingerprint density at radius 1 is 1.15 bits per heavy atom. The number of ether oxygens (including phenoxy) is 1. The van der Waals surface area contributed by atoms with Crippen molar-refractivity contribution in [1.29, 1.82) is 0 Å². The Labute approximate surface area is 155 Å². The first-order valence-corrected chi connectivity index (χ1v) is 10.3. The number of rotatable bonds is 7. The molecule has 0 aromatic heterocycles. The zero-order chi connectivity index (χ0) is 18.8. The highest BCUT2D eigenvalue weighted by Gasteiger charge is 2.36. The summed E-state index contributed by atoms with van der Waals surface area (Å²) in [7, 11) is -3.70. The van der Waals surface area contributed by atoms with Gasteiger partial charge in [0, 0.05) is 19.4 Å². The molecule has 5 nitrogen and oxygen atoms in total. The van der Waals surface area contributed by atoms with E-state index in [1.165, 1.54) is 6.07 Å². The van der Waals surface area contributed by atoms with Crippen molar-refractivity contribution >= 4 is 10.0 Å². The molecule has 2 aromatic rings. The minimum atomic E-state index is -3.70. The summed E-state index contributed by atoms with van der Waals surface area (Å²) in [4.78, 5) is 0.179. The average Bonchev–Trinajstić information content (AvgIpc) is 2.96. The number of aryl methyl sites for hydroxylation is 1. The Hall–Kier alpha value is -1.89. The van der Waals surface area contributed by atoms with E-state index in [0.29, 0.717) is 25.2 Å². The molecule has 0 radical (unpaired) electrons. The van der Waals surface area contributed by atoms with Crippen LogP contribution in [0, 0.1) is 6.92 Å². The Morgan fingerprint density at radius 2 is 1.81 bits per heavy atom. The van der Waals surface area contributed by atoms with E-state index in [0.717, 1.165) is 23.1 Å². The molecular weight excluding hydrogens is 350 g/mol. The predicted octanol–water partition coefficient (Wildman–Crippen LogP) is 2.59. The van der Waals surface area contributed by atoms with Crippen LogP contribution in [0.3, 0.4) is 0 Å². The fourth-order valence-corrected chi connectivity index (χ4v) is 4.48. The molecule has 6 heteroatoms. The van der Waals surface area contributed by atoms with Crippen LogP contribution >= 0.6 is 0 Å². The summed E-state index contributed by atoms with van der Waals surface area (Å²) < 4.78 is 33.4. The lowest BCUT2D eigenvalue weighted by Crippen LogP contribution is -2.43. The van der Waals surface area contributed by atoms with Crippen LogP contribution in [-0.2, 0) is 22.9 Å². The molecule has 0 atom stereocenters. The van der Waals surface area contributed by atoms with Gasteiger partial charge in [0.15, 0.2) is 0 Å². The summed E-state index contributed by atoms with van der Waals surface area (Å²) in [6.07, 6.45) is 1.80. The van der Waals surface area contributed by atoms with E-state index in [4.69, 9.17) is 4.74 Å². The second-order valence-electron chi connectivity index (χ2n) is 6.95. The largest absolute Gasteiger partial charge is 0.493 e. The first kappa shape index (κ1) is 18.9. The third kappa shape index (κ3) is 4.09. The number of sulfonamides is 1. The zero-order valence-corrected chi connectivity index (χ0v) is 16.0. The second kappa shape index (κ2) is 7.39. The predicted molar refractivity (Wildman–Crippen MR) is 101 cm³/mol. The van der Waals surface area contributed by atoms with E-state index < -0.39 is 15.6 Å². The normalized spacial score (nSPS) is 15.7. The zero-order valence-electron chi connectivity index (χ0n) is 15.2. The van der Waals surface area contributed by atoms with Gasteiger partial charge in [0.2, 0.25) is 10.0 Å². The molecule has 2 aromatic carbocycles. The first-order chi connectivity index (χ1) is 12.3. The summed E-state index contributed by atoms with van der Waals surface area (Å²) in [6.45, 7) is 4.42. The SMILES string of the molecule is CCCOc1ccc(S(=O)(=O)NCC2(O)Cc3ccccc3C2)cc1C. The van der Waals surface area contributed by atoms with Gasteiger partial charge in [-0.3, -0.25) is 0 Å². The topological polar surface area (TPSA) is 75.6 Å². The molecule has 0 unspecified atom stereocenters. The van der Waals surface area contributed by atoms with Crippen molar-refractivity contribution in [3.8, 4) is 5.75 Å². The smallest absolute Gasteiger partial charge is 0.240 e. The molecule has 0 fully saturated rings. The lowest BCUT2D eigenvalue weighted by atomic mass is 10.0. The number of hydrogen-bond donors (Lipinski definition) is 2. The Morgan fingerprint density at radius 3 is 2.38 bits per heavy atom. The van der Waals surface area contributed by atoms with E-state index in [2.05, 4.69) is 4.72 Å². The summed E-state index contributed by atoms with van der Waals surface area (Å²) in [5.74, 6) is 0.690. The minimum Gasteiger partial charge on any atom is -0.493 e. The van der Waals surface area contributed by atoms with Crippen LogP contribution < -0.4 is 9.46 Å². The quantitative estimate of drug-likeness (QED) is 0.780. The van der Waals surface area contributed by atoms with Crippen molar-refractivity contribution in [2.75, 3.05) is 13.2 Å². The maximum absolute atomic E-state index is 12.6. The first-order valence-electron chi connectivity index (χ1n) is 8.85. The van der Waals surface area contributed by atoms with Crippen molar-refractivity contribution in [1.82, 2.24) is 4.72 Å². The number of aliphatic hydroxyl groups is 1. The van der Waals surface area contributed by atoms with Gasteiger partial charge in [0.05, 0.1) is 17.1 Å². The third-order valence-corrected chi connectivity index (χ3v) is 6.07. The van der Waals surface area contributed by atoms with Gasteiger partial charge in [0.1, 0.15) is 5.75 Å². The van der Waals surface area contributed by atoms with Gasteiger partial charge in [-0.25, -0.2) is 13.1 Å². The summed E-state index contributed by atoms with van der Waals surface area (Å²) in [5, 5.41) is 10.8. The van der Waals surface area contributed by atoms with Gasteiger partial charge in [-0.1, -0.05) is 31.2 Å². The Bertz CT molecular complexity index is 867. The highest BCUT2D eigenvalue weighted by molar-refractivity contribution is 7.89. The monoisotopic (exact) mass is 375 g/mol. The fraction of sp³-hybridized carbons (Fsp3) is 0.400. The molecule has 140 valence electrons. The Balaban J connectivity index is 1.69. The molecule has 2 N–H and O–H groups in total. The van der Waals surface area contributed by atoms with Crippen LogP contribution in [0.25, 0.3) is 0 Å². The molecule has 0 heterocycles. The van der Waals surface area contributed by atoms with E-state index in [1.807, 2.05) is 38.1 Å². The molecule has 0 saturated heterocycles. The average molecular weight is 375 g/mol. The van der Waals surface area contributed by atoms with Crippen molar-refractivity contribution in [2.24, 2.45) is 0 Å². The number of hydrogen-bond acceptors (Lipinski definition) is 4. The van der Waals surface area contributed by atoms with E-state index in [-0.39, 0.29) is 11.4 Å². The van der Waals surface area contributed by atoms with Crippen molar-refractivity contribution in [2.45, 2.75) is 43.6 Å². The van der Waals surface area contributed by atoms with Crippen LogP contribution in [0.15, 0.2) is 47.4 Å². The van der Waals surface area contributed by atoms with Crippen LogP contribution in [0.5, 0.6) is 5.75 Å². The molecule has 0 aliphatic heterocycles. The number of fused-ring (bicyclic) bond motifs is 1. The standard InChI is InChI=1S/C20H25NO4S/c1-3-10-25-19-9-8-18(11-15(19)2)26(23,24)21-14-20(22)12-16-6-4-5-7-17(16)13-20/h4-9,11,21-22H,3,10,12-14H2,1-2H3. The highest BCUT2D eigenvalue weighted by Crippen LogP contribution is 2.30. The second-order valence-corrected chi connectivity index (χ2v) is 8.71. The van der Waals surface area contributed by atoms with Crippen LogP contribution in [0.2, 0.25) is 0 Å². The fourth-order valence-electron chi connectivity index (χ4n) is 3.27. The van der Waals surface area contributed by atoms with Crippen molar-refractivity contribution in [3.63, 3.8) is 0 Å². The molecule has 0 bridgehead atoms. The summed E-state index contributed by atoms with van der Waals surface area (Å²) in [5.41, 5.74) is 1.83. The number of nitrogens with one attached hydrogen (secondary N) is 1. The lowest BCUT2D eigenvalue weighted by Gasteiger charge is -2.22. The maximum Gasteiger partial charge on any atom is 0.240 e. The van der Waals surface area contributed by atoms with E-state index >= 15 is 0 Å². The molecule has 26 heavy (non-hydrogen) atoms. The van der Waals surface area contributed by atoms with Crippen LogP contribution in [0.1, 0.15) is 30.0 Å². The minimum absolute atomic E-state index is 0.0167. The van der Waals surface area contributed by atoms with Gasteiger partial charge in [-0.15, -0.1) is 0 Å². The molecular formula is C20H25NO4S. The number of benzene rings is 2. The molecule has 1 aliphatic rings. The van der Waals surface area contributed by atoms with E-state index in [1.54, 1.807) is 12.1 Å². The summed E-state index contributed by atoms with van der Waals surface area (Å²) >= 11 is 0. The third-order valence-electron chi connectivity index (χ3n) is 4.67. The van der Waals surface area contributed by atoms with Gasteiger partial charge >= 0.3 is 0 Å². The van der Waals surface area contributed by atoms with Crippen molar-refractivity contribution < 1.29 is 18.3 Å². The van der Waals surface area contributed by atoms with Crippen LogP contribution in [-0.4, -0.2) is 32.3 Å². The van der Waals surface area contributed by atoms with Gasteiger partial charge in [0.25, 0.3) is 0 Å². The van der Waals surface area contributed by atoms with Gasteiger partial charge < -0.3 is 9.84 Å². The summed E-state index contributed by atoms with van der Waals surface area (Å²) in [6, 6.07) is 12.6. The van der Waals surface area contributed by atoms with Gasteiger partial charge in [-0.05, 0) is 48.2 Å². The molecule has 0 spiro atoms. The molecule has 0 amide bonds.